The number of terminal acetylenes is 1. The zero-order chi connectivity index (χ0) is 23.4. The highest BCUT2D eigenvalue weighted by molar-refractivity contribution is 5.99. The van der Waals surface area contributed by atoms with Crippen molar-refractivity contribution < 1.29 is 9.53 Å². The third-order valence-corrected chi connectivity index (χ3v) is 3.26. The van der Waals surface area contributed by atoms with Crippen LogP contribution in [-0.2, 0) is 9.53 Å². The second-order valence-corrected chi connectivity index (χ2v) is 6.06. The van der Waals surface area contributed by atoms with E-state index in [1.54, 1.807) is 0 Å². The molecule has 0 saturated heterocycles. The number of Topliss-reactive ketones (excluding diaryl/α,β-unsaturated/α-hetero) is 1. The summed E-state index contributed by atoms with van der Waals surface area (Å²) in [4.78, 5) is 11.9. The normalized spacial score (nSPS) is 10.9. The molecule has 0 aliphatic heterocycles. The first kappa shape index (κ1) is 37.4. The molecule has 0 rings (SSSR count). The third-order valence-electron chi connectivity index (χ3n) is 3.26. The van der Waals surface area contributed by atoms with Crippen molar-refractivity contribution in [2.45, 2.75) is 102 Å². The van der Waals surface area contributed by atoms with Crippen molar-refractivity contribution in [3.8, 4) is 12.8 Å². The number of ketones is 1. The Hall–Kier alpha value is -1.33. The van der Waals surface area contributed by atoms with Crippen LogP contribution < -0.4 is 0 Å². The van der Waals surface area contributed by atoms with Crippen LogP contribution in [0.15, 0.2) is 23.8 Å². The topological polar surface area (TPSA) is 26.3 Å². The maximum Gasteiger partial charge on any atom is 0.165 e. The Bertz CT molecular complexity index is 345. The summed E-state index contributed by atoms with van der Waals surface area (Å²) in [7, 11) is 0. The maximum atomic E-state index is 11.9. The van der Waals surface area contributed by atoms with Gasteiger partial charge < -0.3 is 4.74 Å². The molecule has 0 fully saturated rings. The number of carbonyl (C=O) groups excluding carboxylic acids is 1. The first-order chi connectivity index (χ1) is 13.4. The van der Waals surface area contributed by atoms with Crippen LogP contribution in [0.5, 0.6) is 0 Å². The molecule has 168 valence electrons. The van der Waals surface area contributed by atoms with Crippen molar-refractivity contribution in [3.63, 3.8) is 0 Å². The van der Waals surface area contributed by atoms with E-state index in [-0.39, 0.29) is 11.7 Å². The van der Waals surface area contributed by atoms with E-state index in [1.807, 2.05) is 60.6 Å². The number of ether oxygens (including phenoxy) is 1. The predicted molar refractivity (Wildman–Crippen MR) is 131 cm³/mol. The SMILES string of the molecule is C#C.C/C=C(\C=C/CC(C)C)C(=O)C(C)CC.CC.CC.CCCOCCC. The Labute approximate surface area is 179 Å². The van der Waals surface area contributed by atoms with Crippen molar-refractivity contribution in [1.29, 1.82) is 0 Å². The van der Waals surface area contributed by atoms with Gasteiger partial charge in [0.1, 0.15) is 0 Å². The molecule has 2 nitrogen and oxygen atoms in total. The van der Waals surface area contributed by atoms with Crippen molar-refractivity contribution in [1.82, 2.24) is 0 Å². The third kappa shape index (κ3) is 32.4. The van der Waals surface area contributed by atoms with E-state index in [4.69, 9.17) is 4.74 Å². The minimum atomic E-state index is 0.139. The Morgan fingerprint density at radius 1 is 0.929 bits per heavy atom. The van der Waals surface area contributed by atoms with Crippen LogP contribution in [0.2, 0.25) is 0 Å². The predicted octanol–water partition coefficient (Wildman–Crippen LogP) is 8.28. The van der Waals surface area contributed by atoms with Gasteiger partial charge in [0.15, 0.2) is 5.78 Å². The molecule has 0 aromatic heterocycles. The number of hydrogen-bond acceptors (Lipinski definition) is 2. The van der Waals surface area contributed by atoms with Crippen LogP contribution in [0.3, 0.4) is 0 Å². The van der Waals surface area contributed by atoms with Crippen molar-refractivity contribution >= 4 is 5.78 Å². The number of hydrogen-bond donors (Lipinski definition) is 0. The zero-order valence-corrected chi connectivity index (χ0v) is 21.1. The lowest BCUT2D eigenvalue weighted by atomic mass is 9.96. The minimum absolute atomic E-state index is 0.139. The van der Waals surface area contributed by atoms with E-state index < -0.39 is 0 Å². The summed E-state index contributed by atoms with van der Waals surface area (Å²) in [6.45, 7) is 24.4. The van der Waals surface area contributed by atoms with Gasteiger partial charge in [-0.05, 0) is 38.5 Å². The Balaban J connectivity index is -0.000000113. The van der Waals surface area contributed by atoms with Crippen LogP contribution in [0.4, 0.5) is 0 Å². The summed E-state index contributed by atoms with van der Waals surface area (Å²) in [6, 6.07) is 0. The van der Waals surface area contributed by atoms with Gasteiger partial charge in [0, 0.05) is 24.7 Å². The molecule has 0 aliphatic rings. The second-order valence-electron chi connectivity index (χ2n) is 6.06. The molecule has 0 heterocycles. The highest BCUT2D eigenvalue weighted by Gasteiger charge is 2.12. The summed E-state index contributed by atoms with van der Waals surface area (Å²) in [6.07, 6.45) is 18.2. The summed E-state index contributed by atoms with van der Waals surface area (Å²) in [5.41, 5.74) is 0.852. The molecule has 1 atom stereocenters. The van der Waals surface area contributed by atoms with Gasteiger partial charge >= 0.3 is 0 Å². The van der Waals surface area contributed by atoms with Crippen LogP contribution in [-0.4, -0.2) is 19.0 Å². The minimum Gasteiger partial charge on any atom is -0.381 e. The van der Waals surface area contributed by atoms with E-state index in [2.05, 4.69) is 46.6 Å². The van der Waals surface area contributed by atoms with Gasteiger partial charge in [-0.25, -0.2) is 0 Å². The second kappa shape index (κ2) is 36.6. The standard InChI is InChI=1S/C14H24O.C6H14O.2C2H6.C2H2/c1-6-12(5)14(15)13(7-2)10-8-9-11(3)4;1-3-5-7-6-4-2;3*1-2/h7-8,10-12H,6,9H2,1-5H3;3-6H2,1-2H3;2*1-2H3;1-2H/b10-8-,13-7+;;;;. The molecule has 0 radical (unpaired) electrons. The van der Waals surface area contributed by atoms with E-state index >= 15 is 0 Å². The van der Waals surface area contributed by atoms with Crippen LogP contribution in [0.1, 0.15) is 102 Å². The molecule has 28 heavy (non-hydrogen) atoms. The van der Waals surface area contributed by atoms with Gasteiger partial charge in [-0.2, -0.15) is 0 Å². The average Bonchev–Trinajstić information content (AvgIpc) is 2.75. The average molecular weight is 397 g/mol. The van der Waals surface area contributed by atoms with E-state index in [1.165, 1.54) is 0 Å². The quantitative estimate of drug-likeness (QED) is 0.161. The van der Waals surface area contributed by atoms with Crippen LogP contribution in [0, 0.1) is 24.7 Å². The molecule has 2 heteroatoms. The molecule has 0 bridgehead atoms. The van der Waals surface area contributed by atoms with Gasteiger partial charge in [-0.1, -0.05) is 87.5 Å². The first-order valence-electron chi connectivity index (χ1n) is 11.2. The van der Waals surface area contributed by atoms with E-state index in [9.17, 15) is 4.79 Å². The molecular weight excluding hydrogens is 344 g/mol. The van der Waals surface area contributed by atoms with Gasteiger partial charge in [-0.3, -0.25) is 4.79 Å². The molecular formula is C26H52O2. The molecule has 0 spiro atoms. The lowest BCUT2D eigenvalue weighted by Gasteiger charge is -2.07. The summed E-state index contributed by atoms with van der Waals surface area (Å²) < 4.78 is 5.13. The molecule has 0 saturated carbocycles. The van der Waals surface area contributed by atoms with Crippen molar-refractivity contribution in [3.05, 3.63) is 23.8 Å². The molecule has 0 N–H and O–H groups in total. The van der Waals surface area contributed by atoms with E-state index in [0.717, 1.165) is 44.5 Å². The number of carbonyl (C=O) groups is 1. The zero-order valence-electron chi connectivity index (χ0n) is 21.1. The summed E-state index contributed by atoms with van der Waals surface area (Å²) in [5, 5.41) is 0. The molecule has 1 unspecified atom stereocenters. The van der Waals surface area contributed by atoms with Gasteiger partial charge in [0.05, 0.1) is 0 Å². The summed E-state index contributed by atoms with van der Waals surface area (Å²) in [5.74, 6) is 1.05. The highest BCUT2D eigenvalue weighted by Crippen LogP contribution is 2.12. The van der Waals surface area contributed by atoms with Crippen molar-refractivity contribution in [2.75, 3.05) is 13.2 Å². The largest absolute Gasteiger partial charge is 0.381 e. The van der Waals surface area contributed by atoms with Crippen molar-refractivity contribution in [2.24, 2.45) is 11.8 Å². The molecule has 0 aromatic rings. The first-order valence-corrected chi connectivity index (χ1v) is 11.2. The smallest absolute Gasteiger partial charge is 0.165 e. The molecule has 0 aliphatic carbocycles. The molecule has 0 aromatic carbocycles. The fourth-order valence-electron chi connectivity index (χ4n) is 1.65. The fourth-order valence-corrected chi connectivity index (χ4v) is 1.65. The number of rotatable bonds is 10. The number of allylic oxidation sites excluding steroid dienone is 4. The Kier molecular flexibility index (Phi) is 48.9. The summed E-state index contributed by atoms with van der Waals surface area (Å²) >= 11 is 0. The molecule has 0 amide bonds. The van der Waals surface area contributed by atoms with Crippen LogP contribution >= 0.6 is 0 Å². The lowest BCUT2D eigenvalue weighted by molar-refractivity contribution is -0.118. The fraction of sp³-hybridized carbons (Fsp3) is 0.731. The van der Waals surface area contributed by atoms with Gasteiger partial charge in [0.25, 0.3) is 0 Å². The van der Waals surface area contributed by atoms with Gasteiger partial charge in [0.2, 0.25) is 0 Å². The van der Waals surface area contributed by atoms with Crippen LogP contribution in [0.25, 0.3) is 0 Å². The van der Waals surface area contributed by atoms with E-state index in [0.29, 0.717) is 5.92 Å². The van der Waals surface area contributed by atoms with Gasteiger partial charge in [-0.15, -0.1) is 12.8 Å². The lowest BCUT2D eigenvalue weighted by Crippen LogP contribution is -2.11. The Morgan fingerprint density at radius 3 is 1.64 bits per heavy atom. The monoisotopic (exact) mass is 396 g/mol. The maximum absolute atomic E-state index is 11.9. The Morgan fingerprint density at radius 2 is 1.36 bits per heavy atom. The highest BCUT2D eigenvalue weighted by atomic mass is 16.5.